The van der Waals surface area contributed by atoms with Crippen molar-refractivity contribution in [2.24, 2.45) is 0 Å². The maximum Gasteiger partial charge on any atom is 0.296 e. The highest BCUT2D eigenvalue weighted by molar-refractivity contribution is 8.00. The standard InChI is InChI=1S/C28H20FN3O3S2/c29-21-14-11-19(12-15-21)17-36-28-31-30-27(37-28)32-24(20-9-5-2-6-10-20)23(25(34)26(32)35)22(33)16-13-18-7-3-1-4-8-18/h1-16,24,34H,17H2. The molecule has 184 valence electrons. The van der Waals surface area contributed by atoms with Crippen molar-refractivity contribution in [2.45, 2.75) is 16.1 Å². The number of carbonyl (C=O) groups is 2. The molecule has 0 radical (unpaired) electrons. The first-order valence-corrected chi connectivity index (χ1v) is 13.1. The van der Waals surface area contributed by atoms with E-state index >= 15 is 0 Å². The van der Waals surface area contributed by atoms with Crippen LogP contribution < -0.4 is 4.90 Å². The SMILES string of the molecule is O=C(C=Cc1ccccc1)C1=C(O)C(=O)N(c2nnc(SCc3ccc(F)cc3)s2)C1c1ccccc1. The molecule has 2 heterocycles. The second kappa shape index (κ2) is 10.9. The molecule has 1 unspecified atom stereocenters. The summed E-state index contributed by atoms with van der Waals surface area (Å²) in [6.45, 7) is 0. The number of halogens is 1. The Bertz CT molecular complexity index is 1490. The number of thioether (sulfide) groups is 1. The fraction of sp³-hybridized carbons (Fsp3) is 0.0714. The number of amides is 1. The van der Waals surface area contributed by atoms with Crippen molar-refractivity contribution >= 4 is 46.0 Å². The van der Waals surface area contributed by atoms with Gasteiger partial charge in [-0.3, -0.25) is 14.5 Å². The lowest BCUT2D eigenvalue weighted by Crippen LogP contribution is -2.30. The number of carbonyl (C=O) groups excluding carboxylic acids is 2. The van der Waals surface area contributed by atoms with Gasteiger partial charge < -0.3 is 5.11 Å². The Kier molecular flexibility index (Phi) is 7.25. The lowest BCUT2D eigenvalue weighted by molar-refractivity contribution is -0.117. The Morgan fingerprint density at radius 3 is 2.38 bits per heavy atom. The van der Waals surface area contributed by atoms with Gasteiger partial charge in [-0.25, -0.2) is 4.39 Å². The number of aliphatic hydroxyl groups is 1. The Morgan fingerprint density at radius 1 is 1.00 bits per heavy atom. The summed E-state index contributed by atoms with van der Waals surface area (Å²) in [7, 11) is 0. The number of aromatic nitrogens is 2. The third-order valence-corrected chi connectivity index (χ3v) is 7.82. The van der Waals surface area contributed by atoms with Gasteiger partial charge in [-0.1, -0.05) is 102 Å². The number of hydrogen-bond donors (Lipinski definition) is 1. The molecule has 37 heavy (non-hydrogen) atoms. The average Bonchev–Trinajstić information content (AvgIpc) is 3.50. The first-order valence-electron chi connectivity index (χ1n) is 11.3. The van der Waals surface area contributed by atoms with E-state index in [1.807, 2.05) is 36.4 Å². The van der Waals surface area contributed by atoms with Crippen LogP contribution in [0.3, 0.4) is 0 Å². The second-order valence-electron chi connectivity index (χ2n) is 8.12. The van der Waals surface area contributed by atoms with Gasteiger partial charge in [0.25, 0.3) is 5.91 Å². The van der Waals surface area contributed by atoms with Crippen molar-refractivity contribution in [3.05, 3.63) is 125 Å². The fourth-order valence-corrected chi connectivity index (χ4v) is 5.74. The fourth-order valence-electron chi connectivity index (χ4n) is 3.91. The number of ketones is 1. The molecule has 0 fully saturated rings. The summed E-state index contributed by atoms with van der Waals surface area (Å²) in [5, 5.41) is 19.5. The van der Waals surface area contributed by atoms with Crippen LogP contribution in [-0.4, -0.2) is 27.0 Å². The van der Waals surface area contributed by atoms with Gasteiger partial charge >= 0.3 is 0 Å². The van der Waals surface area contributed by atoms with Gasteiger partial charge in [0.1, 0.15) is 5.82 Å². The first-order chi connectivity index (χ1) is 18.0. The largest absolute Gasteiger partial charge is 0.503 e. The minimum Gasteiger partial charge on any atom is -0.503 e. The molecular weight excluding hydrogens is 509 g/mol. The van der Waals surface area contributed by atoms with E-state index in [0.717, 1.165) is 11.1 Å². The predicted octanol–water partition coefficient (Wildman–Crippen LogP) is 6.15. The van der Waals surface area contributed by atoms with Crippen LogP contribution in [0.2, 0.25) is 0 Å². The number of allylic oxidation sites excluding steroid dienone is 1. The summed E-state index contributed by atoms with van der Waals surface area (Å²) < 4.78 is 13.8. The van der Waals surface area contributed by atoms with Crippen molar-refractivity contribution < 1.29 is 19.1 Å². The molecule has 3 aromatic carbocycles. The van der Waals surface area contributed by atoms with Crippen molar-refractivity contribution in [3.8, 4) is 0 Å². The Hall–Kier alpha value is -4.08. The van der Waals surface area contributed by atoms with E-state index in [1.165, 1.54) is 46.2 Å². The number of anilines is 1. The van der Waals surface area contributed by atoms with Crippen LogP contribution in [0.5, 0.6) is 0 Å². The van der Waals surface area contributed by atoms with Gasteiger partial charge in [0, 0.05) is 5.75 Å². The van der Waals surface area contributed by atoms with Crippen molar-refractivity contribution in [1.82, 2.24) is 10.2 Å². The van der Waals surface area contributed by atoms with E-state index in [-0.39, 0.29) is 16.5 Å². The maximum absolute atomic E-state index is 13.3. The van der Waals surface area contributed by atoms with Crippen molar-refractivity contribution in [3.63, 3.8) is 0 Å². The van der Waals surface area contributed by atoms with Gasteiger partial charge in [0.05, 0.1) is 11.6 Å². The molecule has 1 N–H and O–H groups in total. The highest BCUT2D eigenvalue weighted by atomic mass is 32.2. The number of benzene rings is 3. The molecule has 5 rings (SSSR count). The van der Waals surface area contributed by atoms with E-state index in [9.17, 15) is 19.1 Å². The highest BCUT2D eigenvalue weighted by Crippen LogP contribution is 2.43. The lowest BCUT2D eigenvalue weighted by atomic mass is 9.96. The first kappa shape index (κ1) is 24.6. The second-order valence-corrected chi connectivity index (χ2v) is 10.3. The number of hydrogen-bond acceptors (Lipinski definition) is 7. The van der Waals surface area contributed by atoms with Gasteiger partial charge in [-0.2, -0.15) is 0 Å². The minimum atomic E-state index is -0.857. The van der Waals surface area contributed by atoms with Crippen molar-refractivity contribution in [2.75, 3.05) is 4.90 Å². The van der Waals surface area contributed by atoms with Crippen molar-refractivity contribution in [1.29, 1.82) is 0 Å². The monoisotopic (exact) mass is 529 g/mol. The normalized spacial score (nSPS) is 15.6. The minimum absolute atomic E-state index is 0.0147. The van der Waals surface area contributed by atoms with Crippen LogP contribution in [0.15, 0.2) is 107 Å². The van der Waals surface area contributed by atoms with Crippen LogP contribution in [0, 0.1) is 5.82 Å². The molecule has 0 saturated heterocycles. The summed E-state index contributed by atoms with van der Waals surface area (Å²) in [6.07, 6.45) is 3.00. The van der Waals surface area contributed by atoms with Gasteiger partial charge in [0.2, 0.25) is 5.13 Å². The molecule has 0 saturated carbocycles. The maximum atomic E-state index is 13.3. The van der Waals surface area contributed by atoms with E-state index in [0.29, 0.717) is 15.7 Å². The zero-order valence-electron chi connectivity index (χ0n) is 19.3. The molecule has 9 heteroatoms. The summed E-state index contributed by atoms with van der Waals surface area (Å²) in [5.74, 6) is -1.55. The van der Waals surface area contributed by atoms with Crippen LogP contribution in [0.25, 0.3) is 6.08 Å². The molecule has 1 aromatic heterocycles. The smallest absolute Gasteiger partial charge is 0.296 e. The van der Waals surface area contributed by atoms with E-state index < -0.39 is 23.5 Å². The van der Waals surface area contributed by atoms with Crippen LogP contribution in [-0.2, 0) is 15.3 Å². The van der Waals surface area contributed by atoms with Crippen LogP contribution in [0.4, 0.5) is 9.52 Å². The molecule has 0 aliphatic carbocycles. The van der Waals surface area contributed by atoms with Crippen LogP contribution in [0.1, 0.15) is 22.7 Å². The Labute approximate surface area is 220 Å². The van der Waals surface area contributed by atoms with Crippen LogP contribution >= 0.6 is 23.1 Å². The van der Waals surface area contributed by atoms with E-state index in [2.05, 4.69) is 10.2 Å². The third kappa shape index (κ3) is 5.37. The molecule has 0 spiro atoms. The number of rotatable bonds is 8. The third-order valence-electron chi connectivity index (χ3n) is 5.69. The molecular formula is C28H20FN3O3S2. The summed E-state index contributed by atoms with van der Waals surface area (Å²) >= 11 is 2.59. The van der Waals surface area contributed by atoms with E-state index in [1.54, 1.807) is 42.5 Å². The molecule has 1 atom stereocenters. The molecule has 1 amide bonds. The average molecular weight is 530 g/mol. The summed E-state index contributed by atoms with van der Waals surface area (Å²) in [5.41, 5.74) is 2.38. The molecule has 6 nitrogen and oxygen atoms in total. The summed E-state index contributed by atoms with van der Waals surface area (Å²) in [4.78, 5) is 27.8. The zero-order chi connectivity index (χ0) is 25.8. The Balaban J connectivity index is 1.43. The molecule has 1 aliphatic heterocycles. The van der Waals surface area contributed by atoms with Gasteiger partial charge in [-0.15, -0.1) is 10.2 Å². The molecule has 0 bridgehead atoms. The Morgan fingerprint density at radius 2 is 1.68 bits per heavy atom. The lowest BCUT2D eigenvalue weighted by Gasteiger charge is -2.23. The quantitative estimate of drug-likeness (QED) is 0.167. The number of aliphatic hydroxyl groups excluding tert-OH is 1. The highest BCUT2D eigenvalue weighted by Gasteiger charge is 2.45. The van der Waals surface area contributed by atoms with Gasteiger partial charge in [0.15, 0.2) is 15.9 Å². The predicted molar refractivity (Wildman–Crippen MR) is 143 cm³/mol. The van der Waals surface area contributed by atoms with Gasteiger partial charge in [-0.05, 0) is 34.9 Å². The molecule has 1 aliphatic rings. The zero-order valence-corrected chi connectivity index (χ0v) is 21.0. The number of nitrogens with zero attached hydrogens (tertiary/aromatic N) is 3. The topological polar surface area (TPSA) is 83.4 Å². The molecule has 4 aromatic rings. The van der Waals surface area contributed by atoms with E-state index in [4.69, 9.17) is 0 Å². The summed E-state index contributed by atoms with van der Waals surface area (Å²) in [6, 6.07) is 23.7.